The van der Waals surface area contributed by atoms with Crippen molar-refractivity contribution in [1.82, 2.24) is 14.5 Å². The number of aromatic nitrogens is 3. The predicted octanol–water partition coefficient (Wildman–Crippen LogP) is 5.91. The molecule has 0 amide bonds. The van der Waals surface area contributed by atoms with Crippen molar-refractivity contribution in [2.75, 3.05) is 36.5 Å². The number of nitrogens with zero attached hydrogens (tertiary/aromatic N) is 4. The third-order valence-electron chi connectivity index (χ3n) is 8.27. The van der Waals surface area contributed by atoms with Crippen LogP contribution in [0.3, 0.4) is 0 Å². The zero-order valence-corrected chi connectivity index (χ0v) is 23.3. The van der Waals surface area contributed by atoms with E-state index in [1.165, 1.54) is 18.9 Å². The lowest BCUT2D eigenvalue weighted by molar-refractivity contribution is 0.0697. The molecule has 1 aliphatic carbocycles. The van der Waals surface area contributed by atoms with Crippen molar-refractivity contribution in [3.8, 4) is 11.1 Å². The van der Waals surface area contributed by atoms with Gasteiger partial charge in [-0.15, -0.1) is 0 Å². The zero-order valence-electron chi connectivity index (χ0n) is 23.3. The molecule has 1 saturated heterocycles. The van der Waals surface area contributed by atoms with E-state index >= 15 is 0 Å². The molecular weight excluding hydrogens is 534 g/mol. The van der Waals surface area contributed by atoms with Crippen molar-refractivity contribution in [1.29, 1.82) is 0 Å². The van der Waals surface area contributed by atoms with Crippen LogP contribution in [-0.2, 0) is 4.74 Å². The maximum Gasteiger partial charge on any atom is 0.335 e. The molecular formula is C32H31N5O5. The number of carbonyl (C=O) groups is 1. The van der Waals surface area contributed by atoms with E-state index < -0.39 is 5.97 Å². The first kappa shape index (κ1) is 26.2. The van der Waals surface area contributed by atoms with Gasteiger partial charge in [-0.2, -0.15) is 4.98 Å². The second-order valence-electron chi connectivity index (χ2n) is 11.0. The number of hydrogen-bond acceptors (Lipinski definition) is 8. The monoisotopic (exact) mass is 565 g/mol. The number of nitrogens with one attached hydrogen (secondary N) is 1. The highest BCUT2D eigenvalue weighted by atomic mass is 16.5. The summed E-state index contributed by atoms with van der Waals surface area (Å²) in [6.07, 6.45) is 6.50. The van der Waals surface area contributed by atoms with E-state index in [0.29, 0.717) is 72.0 Å². The van der Waals surface area contributed by atoms with Gasteiger partial charge in [-0.1, -0.05) is 25.0 Å². The van der Waals surface area contributed by atoms with Gasteiger partial charge in [0.25, 0.3) is 0 Å². The first-order valence-corrected chi connectivity index (χ1v) is 14.3. The third-order valence-corrected chi connectivity index (χ3v) is 8.27. The number of benzene rings is 2. The van der Waals surface area contributed by atoms with Gasteiger partial charge in [0.15, 0.2) is 11.3 Å². The Morgan fingerprint density at radius 1 is 1.07 bits per heavy atom. The van der Waals surface area contributed by atoms with E-state index in [9.17, 15) is 14.7 Å². The van der Waals surface area contributed by atoms with Crippen LogP contribution in [0.5, 0.6) is 0 Å². The Kier molecular flexibility index (Phi) is 6.62. The number of fused-ring (bicyclic) bond motifs is 2. The van der Waals surface area contributed by atoms with Crippen molar-refractivity contribution in [2.24, 2.45) is 0 Å². The zero-order chi connectivity index (χ0) is 28.8. The number of morpholine rings is 1. The van der Waals surface area contributed by atoms with Crippen molar-refractivity contribution in [2.45, 2.75) is 38.6 Å². The second-order valence-corrected chi connectivity index (χ2v) is 11.0. The molecule has 2 aromatic carbocycles. The van der Waals surface area contributed by atoms with Crippen molar-refractivity contribution < 1.29 is 19.1 Å². The molecule has 1 saturated carbocycles. The summed E-state index contributed by atoms with van der Waals surface area (Å²) in [6, 6.07) is 14.4. The molecule has 0 unspecified atom stereocenters. The Balaban J connectivity index is 1.31. The highest BCUT2D eigenvalue weighted by molar-refractivity contribution is 5.97. The Bertz CT molecular complexity index is 1880. The van der Waals surface area contributed by atoms with Gasteiger partial charge in [-0.05, 0) is 55.7 Å². The minimum atomic E-state index is -1.07. The average Bonchev–Trinajstić information content (AvgIpc) is 3.64. The molecule has 4 heterocycles. The molecule has 1 aliphatic heterocycles. The minimum Gasteiger partial charge on any atom is -0.478 e. The molecule has 5 aromatic rings. The molecule has 0 radical (unpaired) electrons. The predicted molar refractivity (Wildman–Crippen MR) is 161 cm³/mol. The van der Waals surface area contributed by atoms with Gasteiger partial charge in [-0.3, -0.25) is 4.79 Å². The molecule has 2 aliphatic rings. The van der Waals surface area contributed by atoms with Crippen LogP contribution in [0.2, 0.25) is 0 Å². The number of carboxylic acids is 1. The maximum atomic E-state index is 13.1. The van der Waals surface area contributed by atoms with E-state index in [0.717, 1.165) is 29.6 Å². The molecule has 2 fully saturated rings. The second kappa shape index (κ2) is 10.6. The number of rotatable bonds is 6. The van der Waals surface area contributed by atoms with Crippen LogP contribution in [0.4, 0.5) is 17.5 Å². The summed E-state index contributed by atoms with van der Waals surface area (Å²) in [5.41, 5.74) is 4.10. The van der Waals surface area contributed by atoms with Gasteiger partial charge in [0, 0.05) is 53.7 Å². The average molecular weight is 566 g/mol. The van der Waals surface area contributed by atoms with E-state index in [1.807, 2.05) is 17.0 Å². The number of anilines is 3. The van der Waals surface area contributed by atoms with Crippen LogP contribution in [0.25, 0.3) is 33.1 Å². The summed E-state index contributed by atoms with van der Waals surface area (Å²) in [5.74, 6) is -0.219. The number of aromatic carboxylic acids is 1. The molecule has 214 valence electrons. The highest BCUT2D eigenvalue weighted by Gasteiger charge is 2.22. The largest absolute Gasteiger partial charge is 0.478 e. The molecule has 0 bridgehead atoms. The Morgan fingerprint density at radius 2 is 1.88 bits per heavy atom. The number of aryl methyl sites for hydroxylation is 1. The Labute approximate surface area is 241 Å². The van der Waals surface area contributed by atoms with Crippen molar-refractivity contribution in [3.63, 3.8) is 0 Å². The molecule has 3 aromatic heterocycles. The summed E-state index contributed by atoms with van der Waals surface area (Å²) in [6.45, 7) is 4.44. The van der Waals surface area contributed by atoms with E-state index in [1.54, 1.807) is 30.5 Å². The fourth-order valence-corrected chi connectivity index (χ4v) is 6.26. The number of ether oxygens (including phenoxy) is 1. The molecule has 2 N–H and O–H groups in total. The summed E-state index contributed by atoms with van der Waals surface area (Å²) in [7, 11) is 0. The Hall–Kier alpha value is -4.70. The van der Waals surface area contributed by atoms with Gasteiger partial charge in [0.2, 0.25) is 5.95 Å². The van der Waals surface area contributed by atoms with Gasteiger partial charge in [0.05, 0.1) is 24.2 Å². The van der Waals surface area contributed by atoms with Crippen LogP contribution in [0.15, 0.2) is 63.9 Å². The third kappa shape index (κ3) is 4.77. The first-order valence-electron chi connectivity index (χ1n) is 14.3. The first-order chi connectivity index (χ1) is 20.4. The topological polar surface area (TPSA) is 123 Å². The summed E-state index contributed by atoms with van der Waals surface area (Å²) in [5, 5.41) is 14.6. The number of para-hydroxylation sites is 1. The van der Waals surface area contributed by atoms with Crippen LogP contribution < -0.4 is 15.6 Å². The molecule has 7 rings (SSSR count). The maximum absolute atomic E-state index is 13.1. The lowest BCUT2D eigenvalue weighted by Gasteiger charge is -2.27. The molecule has 10 nitrogen and oxygen atoms in total. The highest BCUT2D eigenvalue weighted by Crippen LogP contribution is 2.35. The summed E-state index contributed by atoms with van der Waals surface area (Å²) < 4.78 is 14.1. The molecule has 42 heavy (non-hydrogen) atoms. The van der Waals surface area contributed by atoms with Crippen LogP contribution >= 0.6 is 0 Å². The molecule has 0 spiro atoms. The molecule has 0 atom stereocenters. The SMILES string of the molecule is Cc1cc2cnc(Nc3cc(C(=O)O)cc(-c4cccc5c(=O)cc(N6CCOCC6)oc45)c3)nc2n1C1CCCC1. The lowest BCUT2D eigenvalue weighted by Crippen LogP contribution is -2.36. The Morgan fingerprint density at radius 3 is 2.67 bits per heavy atom. The number of hydrogen-bond donors (Lipinski definition) is 2. The van der Waals surface area contributed by atoms with Gasteiger partial charge in [-0.25, -0.2) is 9.78 Å². The normalized spacial score (nSPS) is 16.0. The van der Waals surface area contributed by atoms with E-state index in [4.69, 9.17) is 14.1 Å². The fourth-order valence-electron chi connectivity index (χ4n) is 6.26. The van der Waals surface area contributed by atoms with E-state index in [-0.39, 0.29) is 11.0 Å². The quantitative estimate of drug-likeness (QED) is 0.259. The van der Waals surface area contributed by atoms with Crippen LogP contribution in [0.1, 0.15) is 47.8 Å². The number of carboxylic acid groups (broad SMARTS) is 1. The molecule has 10 heteroatoms. The minimum absolute atomic E-state index is 0.0879. The van der Waals surface area contributed by atoms with Crippen LogP contribution in [0, 0.1) is 6.92 Å². The summed E-state index contributed by atoms with van der Waals surface area (Å²) in [4.78, 5) is 36.6. The van der Waals surface area contributed by atoms with Crippen molar-refractivity contribution >= 4 is 45.5 Å². The van der Waals surface area contributed by atoms with Gasteiger partial charge >= 0.3 is 5.97 Å². The van der Waals surface area contributed by atoms with Crippen LogP contribution in [-0.4, -0.2) is 51.9 Å². The fraction of sp³-hybridized carbons (Fsp3) is 0.312. The summed E-state index contributed by atoms with van der Waals surface area (Å²) >= 11 is 0. The standard InChI is InChI=1S/C32H31N5O5/c1-19-13-22-18-33-32(35-30(22)37(19)24-5-2-3-6-24)34-23-15-20(14-21(16-23)31(39)40)25-7-4-8-26-27(38)17-28(42-29(25)26)36-9-11-41-12-10-36/h4,7-8,13-18,24H,2-3,5-6,9-12H2,1H3,(H,39,40)(H,33,34,35). The van der Waals surface area contributed by atoms with E-state index in [2.05, 4.69) is 27.9 Å². The van der Waals surface area contributed by atoms with Crippen molar-refractivity contribution in [3.05, 3.63) is 76.2 Å². The smallest absolute Gasteiger partial charge is 0.335 e. The lowest BCUT2D eigenvalue weighted by atomic mass is 9.99. The van der Waals surface area contributed by atoms with Gasteiger partial charge in [0.1, 0.15) is 11.2 Å². The van der Waals surface area contributed by atoms with Gasteiger partial charge < -0.3 is 29.0 Å².